The van der Waals surface area contributed by atoms with E-state index >= 15 is 0 Å². The van der Waals surface area contributed by atoms with Gasteiger partial charge in [-0.3, -0.25) is 4.57 Å². The summed E-state index contributed by atoms with van der Waals surface area (Å²) in [4.78, 5) is 12.4. The van der Waals surface area contributed by atoms with E-state index in [0.29, 0.717) is 42.5 Å². The molecule has 1 aliphatic carbocycles. The van der Waals surface area contributed by atoms with Crippen LogP contribution in [0, 0.1) is 5.92 Å². The van der Waals surface area contributed by atoms with Gasteiger partial charge in [-0.25, -0.2) is 22.6 Å². The van der Waals surface area contributed by atoms with Crippen LogP contribution in [0.5, 0.6) is 0 Å². The van der Waals surface area contributed by atoms with Gasteiger partial charge < -0.3 is 0 Å². The summed E-state index contributed by atoms with van der Waals surface area (Å²) in [6.45, 7) is 1.23. The number of sulfonamides is 1. The van der Waals surface area contributed by atoms with Crippen molar-refractivity contribution < 1.29 is 8.42 Å². The minimum Gasteiger partial charge on any atom is -0.279 e. The number of thiophene rings is 1. The quantitative estimate of drug-likeness (QED) is 0.859. The van der Waals surface area contributed by atoms with Gasteiger partial charge in [0.25, 0.3) is 0 Å². The molecule has 1 unspecified atom stereocenters. The first kappa shape index (κ1) is 16.0. The molecule has 7 nitrogen and oxygen atoms in total. The average Bonchev–Trinajstić information content (AvgIpc) is 3.13. The molecule has 3 heterocycles. The summed E-state index contributed by atoms with van der Waals surface area (Å²) in [7, 11) is -3.47. The van der Waals surface area contributed by atoms with Gasteiger partial charge in [0.2, 0.25) is 10.0 Å². The zero-order valence-electron chi connectivity index (χ0n) is 13.2. The van der Waals surface area contributed by atoms with Crippen molar-refractivity contribution in [2.75, 3.05) is 0 Å². The number of rotatable bonds is 5. The summed E-state index contributed by atoms with van der Waals surface area (Å²) in [5.74, 6) is 1.38. The van der Waals surface area contributed by atoms with E-state index in [1.54, 1.807) is 26.8 Å². The van der Waals surface area contributed by atoms with E-state index in [1.807, 2.05) is 0 Å². The molecule has 0 saturated heterocycles. The first-order chi connectivity index (χ1) is 11.5. The van der Waals surface area contributed by atoms with Gasteiger partial charge in [0.1, 0.15) is 10.0 Å². The lowest BCUT2D eigenvalue weighted by atomic mass is 10.1. The first-order valence-corrected chi connectivity index (χ1v) is 10.6. The van der Waals surface area contributed by atoms with Gasteiger partial charge in [0.15, 0.2) is 0 Å². The minimum absolute atomic E-state index is 0.0568. The van der Waals surface area contributed by atoms with E-state index in [4.69, 9.17) is 0 Å². The molecular weight excluding hydrogens is 348 g/mol. The van der Waals surface area contributed by atoms with Gasteiger partial charge in [-0.1, -0.05) is 6.07 Å². The third-order valence-corrected chi connectivity index (χ3v) is 7.54. The molecule has 1 N–H and O–H groups in total. The van der Waals surface area contributed by atoms with Crippen molar-refractivity contribution in [1.29, 1.82) is 0 Å². The molecule has 1 aliphatic heterocycles. The summed E-state index contributed by atoms with van der Waals surface area (Å²) < 4.78 is 31.1. The smallest absolute Gasteiger partial charge is 0.279 e. The first-order valence-electron chi connectivity index (χ1n) is 8.25. The van der Waals surface area contributed by atoms with Gasteiger partial charge in [0, 0.05) is 25.6 Å². The van der Waals surface area contributed by atoms with Crippen molar-refractivity contribution in [3.05, 3.63) is 33.8 Å². The molecule has 0 radical (unpaired) electrons. The fourth-order valence-electron chi connectivity index (χ4n) is 3.10. The molecule has 2 aliphatic rings. The predicted octanol–water partition coefficient (Wildman–Crippen LogP) is 1.20. The zero-order chi connectivity index (χ0) is 16.7. The van der Waals surface area contributed by atoms with Crippen LogP contribution < -0.4 is 10.4 Å². The number of fused-ring (bicyclic) bond motifs is 1. The lowest BCUT2D eigenvalue weighted by Gasteiger charge is -2.15. The monoisotopic (exact) mass is 368 g/mol. The number of hydrogen-bond acceptors (Lipinski definition) is 5. The Bertz CT molecular complexity index is 878. The van der Waals surface area contributed by atoms with Crippen LogP contribution in [0.4, 0.5) is 0 Å². The number of hydrogen-bond donors (Lipinski definition) is 1. The van der Waals surface area contributed by atoms with Gasteiger partial charge in [-0.15, -0.1) is 11.3 Å². The number of nitrogens with one attached hydrogen (secondary N) is 1. The fourth-order valence-corrected chi connectivity index (χ4v) is 5.42. The Morgan fingerprint density at radius 3 is 2.83 bits per heavy atom. The molecule has 2 aromatic heterocycles. The van der Waals surface area contributed by atoms with Gasteiger partial charge >= 0.3 is 5.69 Å². The summed E-state index contributed by atoms with van der Waals surface area (Å²) in [5.41, 5.74) is -0.0568. The minimum atomic E-state index is -3.47. The molecule has 0 spiro atoms. The second-order valence-electron chi connectivity index (χ2n) is 6.55. The highest BCUT2D eigenvalue weighted by Crippen LogP contribution is 2.30. The predicted molar refractivity (Wildman–Crippen MR) is 90.6 cm³/mol. The van der Waals surface area contributed by atoms with Crippen molar-refractivity contribution in [2.24, 2.45) is 5.92 Å². The second-order valence-corrected chi connectivity index (χ2v) is 9.44. The van der Waals surface area contributed by atoms with Gasteiger partial charge in [-0.2, -0.15) is 5.10 Å². The van der Waals surface area contributed by atoms with E-state index in [1.165, 1.54) is 24.2 Å². The lowest BCUT2D eigenvalue weighted by molar-refractivity contribution is 0.479. The van der Waals surface area contributed by atoms with Crippen LogP contribution in [0.2, 0.25) is 0 Å². The summed E-state index contributed by atoms with van der Waals surface area (Å²) in [6.07, 6.45) is 4.24. The molecule has 2 aromatic rings. The molecule has 0 aromatic carbocycles. The molecular formula is C15H20N4O3S2. The molecule has 1 fully saturated rings. The SMILES string of the molecule is O=c1n(CC2CC2)nc2n1CCC(NS(=O)(=O)c1cccs1)CC2. The van der Waals surface area contributed by atoms with Crippen LogP contribution in [0.3, 0.4) is 0 Å². The highest BCUT2D eigenvalue weighted by atomic mass is 32.2. The number of nitrogens with zero attached hydrogens (tertiary/aromatic N) is 3. The Labute approximate surface area is 144 Å². The van der Waals surface area contributed by atoms with Crippen molar-refractivity contribution in [1.82, 2.24) is 19.1 Å². The maximum absolute atomic E-state index is 12.4. The van der Waals surface area contributed by atoms with Crippen molar-refractivity contribution in [3.63, 3.8) is 0 Å². The van der Waals surface area contributed by atoms with Crippen LogP contribution in [0.15, 0.2) is 26.5 Å². The van der Waals surface area contributed by atoms with E-state index in [2.05, 4.69) is 9.82 Å². The second kappa shape index (κ2) is 6.12. The zero-order valence-corrected chi connectivity index (χ0v) is 14.9. The maximum atomic E-state index is 12.4. The van der Waals surface area contributed by atoms with Crippen molar-refractivity contribution in [2.45, 2.75) is 55.4 Å². The Hall–Kier alpha value is -1.45. The third kappa shape index (κ3) is 3.20. The van der Waals surface area contributed by atoms with Crippen LogP contribution in [0.1, 0.15) is 31.5 Å². The Morgan fingerprint density at radius 1 is 1.29 bits per heavy atom. The molecule has 130 valence electrons. The largest absolute Gasteiger partial charge is 0.345 e. The normalized spacial score (nSPS) is 21.4. The molecule has 4 rings (SSSR count). The van der Waals surface area contributed by atoms with Crippen LogP contribution in [-0.2, 0) is 29.5 Å². The van der Waals surface area contributed by atoms with Gasteiger partial charge in [-0.05, 0) is 43.0 Å². The molecule has 9 heteroatoms. The van der Waals surface area contributed by atoms with Crippen molar-refractivity contribution in [3.8, 4) is 0 Å². The lowest BCUT2D eigenvalue weighted by Crippen LogP contribution is -2.35. The number of aryl methyl sites for hydroxylation is 1. The van der Waals surface area contributed by atoms with E-state index in [9.17, 15) is 13.2 Å². The van der Waals surface area contributed by atoms with Crippen LogP contribution in [0.25, 0.3) is 0 Å². The fraction of sp³-hybridized carbons (Fsp3) is 0.600. The number of aromatic nitrogens is 3. The Morgan fingerprint density at radius 2 is 2.12 bits per heavy atom. The maximum Gasteiger partial charge on any atom is 0.345 e. The molecule has 1 atom stereocenters. The summed E-state index contributed by atoms with van der Waals surface area (Å²) in [6, 6.07) is 3.16. The summed E-state index contributed by atoms with van der Waals surface area (Å²) in [5, 5.41) is 6.21. The van der Waals surface area contributed by atoms with Crippen molar-refractivity contribution >= 4 is 21.4 Å². The topological polar surface area (TPSA) is 86.0 Å². The summed E-state index contributed by atoms with van der Waals surface area (Å²) >= 11 is 1.21. The molecule has 1 saturated carbocycles. The van der Waals surface area contributed by atoms with Crippen LogP contribution >= 0.6 is 11.3 Å². The van der Waals surface area contributed by atoms with E-state index in [0.717, 1.165) is 5.82 Å². The molecule has 24 heavy (non-hydrogen) atoms. The third-order valence-electron chi connectivity index (χ3n) is 4.63. The molecule has 0 bridgehead atoms. The Kier molecular flexibility index (Phi) is 4.09. The van der Waals surface area contributed by atoms with Gasteiger partial charge in [0.05, 0.1) is 0 Å². The van der Waals surface area contributed by atoms with E-state index in [-0.39, 0.29) is 11.7 Å². The Balaban J connectivity index is 1.46. The highest BCUT2D eigenvalue weighted by molar-refractivity contribution is 7.91. The highest BCUT2D eigenvalue weighted by Gasteiger charge is 2.28. The molecule has 0 amide bonds. The standard InChI is InChI=1S/C15H20N4O3S2/c20-15-18-8-7-12(17-24(21,22)14-2-1-9-23-14)5-6-13(18)16-19(15)10-11-3-4-11/h1-2,9,11-12,17H,3-8,10H2. The van der Waals surface area contributed by atoms with E-state index < -0.39 is 10.0 Å². The average molecular weight is 368 g/mol. The van der Waals surface area contributed by atoms with Crippen LogP contribution in [-0.4, -0.2) is 28.8 Å².